The number of pyridine rings is 1. The largest absolute Gasteiger partial charge is 0.494 e. The van der Waals surface area contributed by atoms with E-state index in [4.69, 9.17) is 4.74 Å². The van der Waals surface area contributed by atoms with Gasteiger partial charge in [0.15, 0.2) is 11.6 Å². The SMILES string of the molecule is CNc1cc(C(F)(F)F)cc(-c2ccc(OC)c(F)c2)n1. The molecule has 0 aliphatic rings. The van der Waals surface area contributed by atoms with Crippen LogP contribution in [0.15, 0.2) is 30.3 Å². The highest BCUT2D eigenvalue weighted by atomic mass is 19.4. The summed E-state index contributed by atoms with van der Waals surface area (Å²) in [5, 5.41) is 2.56. The standard InChI is InChI=1S/C14H12F4N2O/c1-19-13-7-9(14(16,17)18)6-11(20-13)8-3-4-12(21-2)10(15)5-8/h3-7H,1-2H3,(H,19,20). The molecule has 0 aliphatic heterocycles. The maximum atomic E-state index is 13.7. The van der Waals surface area contributed by atoms with Gasteiger partial charge in [0.05, 0.1) is 18.4 Å². The van der Waals surface area contributed by atoms with Crippen molar-refractivity contribution in [2.45, 2.75) is 6.18 Å². The Hall–Kier alpha value is -2.31. The number of hydrogen-bond donors (Lipinski definition) is 1. The van der Waals surface area contributed by atoms with Gasteiger partial charge in [0.1, 0.15) is 5.82 Å². The van der Waals surface area contributed by atoms with Crippen molar-refractivity contribution in [3.05, 3.63) is 41.7 Å². The van der Waals surface area contributed by atoms with Gasteiger partial charge in [-0.25, -0.2) is 9.37 Å². The fourth-order valence-corrected chi connectivity index (χ4v) is 1.80. The molecule has 3 nitrogen and oxygen atoms in total. The summed E-state index contributed by atoms with van der Waals surface area (Å²) in [6.45, 7) is 0. The van der Waals surface area contributed by atoms with Gasteiger partial charge in [0.25, 0.3) is 0 Å². The Balaban J connectivity index is 2.55. The molecular weight excluding hydrogens is 288 g/mol. The van der Waals surface area contributed by atoms with Crippen LogP contribution in [0.1, 0.15) is 5.56 Å². The van der Waals surface area contributed by atoms with E-state index >= 15 is 0 Å². The van der Waals surface area contributed by atoms with Crippen LogP contribution in [-0.4, -0.2) is 19.1 Å². The first-order valence-electron chi connectivity index (χ1n) is 5.96. The Labute approximate surface area is 118 Å². The van der Waals surface area contributed by atoms with Gasteiger partial charge in [0, 0.05) is 12.6 Å². The smallest absolute Gasteiger partial charge is 0.416 e. The van der Waals surface area contributed by atoms with Gasteiger partial charge in [0.2, 0.25) is 0 Å². The normalized spacial score (nSPS) is 11.3. The lowest BCUT2D eigenvalue weighted by Gasteiger charge is -2.12. The van der Waals surface area contributed by atoms with Crippen LogP contribution in [0.5, 0.6) is 5.75 Å². The molecule has 0 fully saturated rings. The van der Waals surface area contributed by atoms with E-state index in [-0.39, 0.29) is 22.8 Å². The Kier molecular flexibility index (Phi) is 4.02. The first-order chi connectivity index (χ1) is 9.85. The van der Waals surface area contributed by atoms with Crippen LogP contribution in [0.25, 0.3) is 11.3 Å². The molecule has 21 heavy (non-hydrogen) atoms. The summed E-state index contributed by atoms with van der Waals surface area (Å²) >= 11 is 0. The van der Waals surface area contributed by atoms with Crippen molar-refractivity contribution in [3.8, 4) is 17.0 Å². The quantitative estimate of drug-likeness (QED) is 0.871. The molecule has 2 rings (SSSR count). The van der Waals surface area contributed by atoms with E-state index in [1.165, 1.54) is 26.3 Å². The molecule has 0 bridgehead atoms. The van der Waals surface area contributed by atoms with Gasteiger partial charge in [-0.15, -0.1) is 0 Å². The van der Waals surface area contributed by atoms with Crippen molar-refractivity contribution in [2.24, 2.45) is 0 Å². The van der Waals surface area contributed by atoms with Crippen molar-refractivity contribution >= 4 is 5.82 Å². The van der Waals surface area contributed by atoms with Crippen LogP contribution in [0.2, 0.25) is 0 Å². The van der Waals surface area contributed by atoms with Crippen LogP contribution in [0.3, 0.4) is 0 Å². The number of methoxy groups -OCH3 is 1. The first-order valence-corrected chi connectivity index (χ1v) is 5.96. The van der Waals surface area contributed by atoms with E-state index in [9.17, 15) is 17.6 Å². The van der Waals surface area contributed by atoms with Crippen LogP contribution in [-0.2, 0) is 6.18 Å². The Bertz CT molecular complexity index is 656. The summed E-state index contributed by atoms with van der Waals surface area (Å²) < 4.78 is 57.0. The van der Waals surface area contributed by atoms with Crippen LogP contribution in [0, 0.1) is 5.82 Å². The highest BCUT2D eigenvalue weighted by Crippen LogP contribution is 2.34. The fraction of sp³-hybridized carbons (Fsp3) is 0.214. The van der Waals surface area contributed by atoms with E-state index in [1.807, 2.05) is 0 Å². The lowest BCUT2D eigenvalue weighted by molar-refractivity contribution is -0.137. The summed E-state index contributed by atoms with van der Waals surface area (Å²) in [5.41, 5.74) is -0.597. The number of benzene rings is 1. The third-order valence-electron chi connectivity index (χ3n) is 2.86. The second-order valence-corrected chi connectivity index (χ2v) is 4.22. The highest BCUT2D eigenvalue weighted by Gasteiger charge is 2.31. The number of ether oxygens (including phenoxy) is 1. The average molecular weight is 300 g/mol. The maximum absolute atomic E-state index is 13.7. The van der Waals surface area contributed by atoms with Gasteiger partial charge in [-0.1, -0.05) is 0 Å². The zero-order valence-corrected chi connectivity index (χ0v) is 11.3. The number of aromatic nitrogens is 1. The summed E-state index contributed by atoms with van der Waals surface area (Å²) in [6.07, 6.45) is -4.51. The molecule has 0 radical (unpaired) electrons. The number of nitrogens with zero attached hydrogens (tertiary/aromatic N) is 1. The minimum Gasteiger partial charge on any atom is -0.494 e. The van der Waals surface area contributed by atoms with E-state index in [1.54, 1.807) is 0 Å². The molecule has 0 saturated carbocycles. The zero-order chi connectivity index (χ0) is 15.6. The number of anilines is 1. The molecule has 1 heterocycles. The van der Waals surface area contributed by atoms with Crippen molar-refractivity contribution in [3.63, 3.8) is 0 Å². The molecule has 0 amide bonds. The second kappa shape index (κ2) is 5.59. The molecule has 112 valence electrons. The topological polar surface area (TPSA) is 34.1 Å². The molecule has 0 aliphatic carbocycles. The molecule has 1 aromatic heterocycles. The van der Waals surface area contributed by atoms with Gasteiger partial charge >= 0.3 is 6.18 Å². The first kappa shape index (κ1) is 15.1. The molecule has 0 unspecified atom stereocenters. The lowest BCUT2D eigenvalue weighted by atomic mass is 10.1. The van der Waals surface area contributed by atoms with Gasteiger partial charge in [-0.05, 0) is 30.3 Å². The highest BCUT2D eigenvalue weighted by molar-refractivity contribution is 5.64. The molecule has 1 N–H and O–H groups in total. The maximum Gasteiger partial charge on any atom is 0.416 e. The summed E-state index contributed by atoms with van der Waals surface area (Å²) in [6, 6.07) is 5.64. The van der Waals surface area contributed by atoms with Crippen molar-refractivity contribution < 1.29 is 22.3 Å². The molecule has 2 aromatic rings. The van der Waals surface area contributed by atoms with Gasteiger partial charge in [-0.2, -0.15) is 13.2 Å². The van der Waals surface area contributed by atoms with Crippen LogP contribution >= 0.6 is 0 Å². The van der Waals surface area contributed by atoms with E-state index in [0.717, 1.165) is 18.2 Å². The van der Waals surface area contributed by atoms with Crippen molar-refractivity contribution in [1.82, 2.24) is 4.98 Å². The van der Waals surface area contributed by atoms with E-state index in [0.29, 0.717) is 0 Å². The molecule has 0 saturated heterocycles. The fourth-order valence-electron chi connectivity index (χ4n) is 1.80. The monoisotopic (exact) mass is 300 g/mol. The third kappa shape index (κ3) is 3.24. The molecule has 7 heteroatoms. The molecular formula is C14H12F4N2O. The summed E-state index contributed by atoms with van der Waals surface area (Å²) in [5.74, 6) is -0.601. The number of rotatable bonds is 3. The zero-order valence-electron chi connectivity index (χ0n) is 11.3. The number of alkyl halides is 3. The van der Waals surface area contributed by atoms with Crippen LogP contribution in [0.4, 0.5) is 23.4 Å². The van der Waals surface area contributed by atoms with E-state index in [2.05, 4.69) is 10.3 Å². The molecule has 0 spiro atoms. The number of halogens is 4. The minimum atomic E-state index is -4.51. The summed E-state index contributed by atoms with van der Waals surface area (Å²) in [4.78, 5) is 4.01. The van der Waals surface area contributed by atoms with Gasteiger partial charge in [-0.3, -0.25) is 0 Å². The van der Waals surface area contributed by atoms with Crippen molar-refractivity contribution in [2.75, 3.05) is 19.5 Å². The van der Waals surface area contributed by atoms with Crippen molar-refractivity contribution in [1.29, 1.82) is 0 Å². The Morgan fingerprint density at radius 2 is 1.86 bits per heavy atom. The number of nitrogens with one attached hydrogen (secondary N) is 1. The molecule has 1 aromatic carbocycles. The van der Waals surface area contributed by atoms with Gasteiger partial charge < -0.3 is 10.1 Å². The predicted molar refractivity (Wildman–Crippen MR) is 70.7 cm³/mol. The number of hydrogen-bond acceptors (Lipinski definition) is 3. The summed E-state index contributed by atoms with van der Waals surface area (Å²) in [7, 11) is 2.76. The predicted octanol–water partition coefficient (Wildman–Crippen LogP) is 3.96. The third-order valence-corrected chi connectivity index (χ3v) is 2.86. The minimum absolute atomic E-state index is 0.0135. The average Bonchev–Trinajstić information content (AvgIpc) is 2.45. The Morgan fingerprint density at radius 3 is 2.38 bits per heavy atom. The Morgan fingerprint density at radius 1 is 1.14 bits per heavy atom. The lowest BCUT2D eigenvalue weighted by Crippen LogP contribution is -2.07. The van der Waals surface area contributed by atoms with Crippen LogP contribution < -0.4 is 10.1 Å². The molecule has 0 atom stereocenters. The van der Waals surface area contributed by atoms with E-state index < -0.39 is 17.6 Å². The second-order valence-electron chi connectivity index (χ2n) is 4.22.